The van der Waals surface area contributed by atoms with E-state index < -0.39 is 6.04 Å². The lowest BCUT2D eigenvalue weighted by atomic mass is 9.93. The molecule has 5 nitrogen and oxygen atoms in total. The SMILES string of the molecule is COC(=O)C1Cc2ccccc2CN1C(=O)Cc1sc(C)nc1-c1ccc(C)cc1. The summed E-state index contributed by atoms with van der Waals surface area (Å²) in [4.78, 5) is 33.0. The van der Waals surface area contributed by atoms with Crippen molar-refractivity contribution in [1.82, 2.24) is 9.88 Å². The normalized spacial score (nSPS) is 15.6. The number of benzene rings is 2. The minimum Gasteiger partial charge on any atom is -0.467 e. The molecule has 0 saturated carbocycles. The highest BCUT2D eigenvalue weighted by atomic mass is 32.1. The summed E-state index contributed by atoms with van der Waals surface area (Å²) in [6.45, 7) is 4.40. The standard InChI is InChI=1S/C24H24N2O3S/c1-15-8-10-17(11-9-15)23-21(30-16(2)25-23)13-22(27)26-14-19-7-5-4-6-18(19)12-20(26)24(28)29-3/h4-11,20H,12-14H2,1-3H3. The summed E-state index contributed by atoms with van der Waals surface area (Å²) < 4.78 is 5.00. The maximum atomic E-state index is 13.4. The predicted molar refractivity (Wildman–Crippen MR) is 117 cm³/mol. The fourth-order valence-electron chi connectivity index (χ4n) is 3.90. The Balaban J connectivity index is 1.63. The lowest BCUT2D eigenvalue weighted by Gasteiger charge is -2.35. The van der Waals surface area contributed by atoms with Crippen molar-refractivity contribution < 1.29 is 14.3 Å². The number of ether oxygens (including phenoxy) is 1. The van der Waals surface area contributed by atoms with Gasteiger partial charge in [-0.2, -0.15) is 0 Å². The number of hydrogen-bond donors (Lipinski definition) is 0. The van der Waals surface area contributed by atoms with Crippen molar-refractivity contribution in [1.29, 1.82) is 0 Å². The van der Waals surface area contributed by atoms with Crippen LogP contribution in [0.25, 0.3) is 11.3 Å². The van der Waals surface area contributed by atoms with E-state index in [1.54, 1.807) is 4.90 Å². The van der Waals surface area contributed by atoms with Gasteiger partial charge in [-0.25, -0.2) is 9.78 Å². The minimum atomic E-state index is -0.603. The average molecular weight is 421 g/mol. The first-order valence-electron chi connectivity index (χ1n) is 9.93. The van der Waals surface area contributed by atoms with Crippen LogP contribution < -0.4 is 0 Å². The van der Waals surface area contributed by atoms with E-state index in [-0.39, 0.29) is 18.3 Å². The smallest absolute Gasteiger partial charge is 0.328 e. The van der Waals surface area contributed by atoms with Gasteiger partial charge in [-0.05, 0) is 25.0 Å². The second kappa shape index (κ2) is 8.40. The monoisotopic (exact) mass is 420 g/mol. The largest absolute Gasteiger partial charge is 0.467 e. The number of carbonyl (C=O) groups excluding carboxylic acids is 2. The van der Waals surface area contributed by atoms with Crippen molar-refractivity contribution in [3.05, 3.63) is 75.1 Å². The number of nitrogens with zero attached hydrogens (tertiary/aromatic N) is 2. The molecular formula is C24H24N2O3S. The summed E-state index contributed by atoms with van der Waals surface area (Å²) in [5.41, 5.74) is 5.19. The highest BCUT2D eigenvalue weighted by Gasteiger charge is 2.35. The Bertz CT molecular complexity index is 1090. The summed E-state index contributed by atoms with van der Waals surface area (Å²) in [5, 5.41) is 0.918. The van der Waals surface area contributed by atoms with Gasteiger partial charge in [0.2, 0.25) is 5.91 Å². The van der Waals surface area contributed by atoms with Crippen molar-refractivity contribution in [2.75, 3.05) is 7.11 Å². The van der Waals surface area contributed by atoms with Crippen LogP contribution in [0.3, 0.4) is 0 Å². The molecule has 1 unspecified atom stereocenters. The number of aryl methyl sites for hydroxylation is 2. The van der Waals surface area contributed by atoms with Crippen molar-refractivity contribution in [2.24, 2.45) is 0 Å². The van der Waals surface area contributed by atoms with E-state index in [1.165, 1.54) is 24.0 Å². The van der Waals surface area contributed by atoms with Gasteiger partial charge in [0.1, 0.15) is 6.04 Å². The third-order valence-electron chi connectivity index (χ3n) is 5.48. The Morgan fingerprint density at radius 3 is 2.50 bits per heavy atom. The molecule has 1 aliphatic heterocycles. The molecular weight excluding hydrogens is 396 g/mol. The zero-order valence-corrected chi connectivity index (χ0v) is 18.2. The molecule has 0 aliphatic carbocycles. The minimum absolute atomic E-state index is 0.0862. The number of hydrogen-bond acceptors (Lipinski definition) is 5. The molecule has 0 radical (unpaired) electrons. The number of rotatable bonds is 4. The van der Waals surface area contributed by atoms with E-state index >= 15 is 0 Å². The van der Waals surface area contributed by atoms with E-state index in [0.717, 1.165) is 32.3 Å². The van der Waals surface area contributed by atoms with Crippen molar-refractivity contribution in [3.63, 3.8) is 0 Å². The Morgan fingerprint density at radius 1 is 1.10 bits per heavy atom. The Labute approximate surface area is 180 Å². The summed E-state index contributed by atoms with van der Waals surface area (Å²) >= 11 is 1.53. The Kier molecular flexibility index (Phi) is 5.68. The third-order valence-corrected chi connectivity index (χ3v) is 6.45. The van der Waals surface area contributed by atoms with Gasteiger partial charge in [-0.1, -0.05) is 54.1 Å². The lowest BCUT2D eigenvalue weighted by Crippen LogP contribution is -2.49. The summed E-state index contributed by atoms with van der Waals surface area (Å²) in [6.07, 6.45) is 0.686. The van der Waals surface area contributed by atoms with Gasteiger partial charge in [0, 0.05) is 23.4 Å². The van der Waals surface area contributed by atoms with Gasteiger partial charge in [0.05, 0.1) is 24.2 Å². The molecule has 0 bridgehead atoms. The first kappa shape index (κ1) is 20.3. The van der Waals surface area contributed by atoms with Crippen molar-refractivity contribution in [3.8, 4) is 11.3 Å². The van der Waals surface area contributed by atoms with Crippen LogP contribution in [-0.4, -0.2) is 34.9 Å². The Morgan fingerprint density at radius 2 is 1.80 bits per heavy atom. The summed E-state index contributed by atoms with van der Waals surface area (Å²) in [6, 6.07) is 15.5. The van der Waals surface area contributed by atoms with Gasteiger partial charge in [0.25, 0.3) is 0 Å². The second-order valence-corrected chi connectivity index (χ2v) is 8.87. The molecule has 4 rings (SSSR count). The van der Waals surface area contributed by atoms with Crippen LogP contribution in [0.4, 0.5) is 0 Å². The average Bonchev–Trinajstić information content (AvgIpc) is 3.12. The molecule has 0 spiro atoms. The third kappa shape index (κ3) is 4.00. The van der Waals surface area contributed by atoms with Crippen LogP contribution in [0.5, 0.6) is 0 Å². The molecule has 1 amide bonds. The number of esters is 1. The van der Waals surface area contributed by atoms with E-state index in [0.29, 0.717) is 13.0 Å². The molecule has 1 aromatic heterocycles. The molecule has 0 fully saturated rings. The molecule has 2 aromatic carbocycles. The number of methoxy groups -OCH3 is 1. The number of carbonyl (C=O) groups is 2. The molecule has 1 atom stereocenters. The van der Waals surface area contributed by atoms with E-state index in [1.807, 2.05) is 62.4 Å². The van der Waals surface area contributed by atoms with Gasteiger partial charge < -0.3 is 9.64 Å². The first-order chi connectivity index (χ1) is 14.5. The van der Waals surface area contributed by atoms with Gasteiger partial charge in [0.15, 0.2) is 0 Å². The van der Waals surface area contributed by atoms with E-state index in [9.17, 15) is 9.59 Å². The molecule has 154 valence electrons. The predicted octanol–water partition coefficient (Wildman–Crippen LogP) is 4.10. The topological polar surface area (TPSA) is 59.5 Å². The number of fused-ring (bicyclic) bond motifs is 1. The quantitative estimate of drug-likeness (QED) is 0.597. The fraction of sp³-hybridized carbons (Fsp3) is 0.292. The molecule has 0 saturated heterocycles. The zero-order chi connectivity index (χ0) is 21.3. The van der Waals surface area contributed by atoms with Gasteiger partial charge in [-0.15, -0.1) is 11.3 Å². The highest BCUT2D eigenvalue weighted by Crippen LogP contribution is 2.31. The van der Waals surface area contributed by atoms with Gasteiger partial charge in [-0.3, -0.25) is 4.79 Å². The fourth-order valence-corrected chi connectivity index (χ4v) is 4.85. The maximum Gasteiger partial charge on any atom is 0.328 e. The maximum absolute atomic E-state index is 13.4. The number of amides is 1. The van der Waals surface area contributed by atoms with Crippen molar-refractivity contribution >= 4 is 23.2 Å². The van der Waals surface area contributed by atoms with Crippen molar-refractivity contribution in [2.45, 2.75) is 39.3 Å². The number of thiazole rings is 1. The van der Waals surface area contributed by atoms with Crippen LogP contribution in [-0.2, 0) is 33.7 Å². The molecule has 2 heterocycles. The van der Waals surface area contributed by atoms with Gasteiger partial charge >= 0.3 is 5.97 Å². The summed E-state index contributed by atoms with van der Waals surface area (Å²) in [5.74, 6) is -0.464. The number of aromatic nitrogens is 1. The highest BCUT2D eigenvalue weighted by molar-refractivity contribution is 7.12. The van der Waals surface area contributed by atoms with Crippen LogP contribution in [0.15, 0.2) is 48.5 Å². The first-order valence-corrected chi connectivity index (χ1v) is 10.8. The second-order valence-electron chi connectivity index (χ2n) is 7.58. The molecule has 3 aromatic rings. The van der Waals surface area contributed by atoms with E-state index in [4.69, 9.17) is 4.74 Å². The molecule has 0 N–H and O–H groups in total. The van der Waals surface area contributed by atoms with Crippen LogP contribution >= 0.6 is 11.3 Å². The van der Waals surface area contributed by atoms with Crippen LogP contribution in [0, 0.1) is 13.8 Å². The lowest BCUT2D eigenvalue weighted by molar-refractivity contribution is -0.153. The zero-order valence-electron chi connectivity index (χ0n) is 17.3. The van der Waals surface area contributed by atoms with E-state index in [2.05, 4.69) is 4.98 Å². The Hall–Kier alpha value is -2.99. The van der Waals surface area contributed by atoms with Crippen LogP contribution in [0.2, 0.25) is 0 Å². The molecule has 30 heavy (non-hydrogen) atoms. The molecule has 6 heteroatoms. The molecule has 1 aliphatic rings. The van der Waals surface area contributed by atoms with Crippen LogP contribution in [0.1, 0.15) is 26.6 Å². The summed E-state index contributed by atoms with van der Waals surface area (Å²) in [7, 11) is 1.37.